The van der Waals surface area contributed by atoms with Gasteiger partial charge in [0.15, 0.2) is 11.5 Å². The average molecular weight is 546 g/mol. The maximum atomic E-state index is 14.2. The largest absolute Gasteiger partial charge is 0.497 e. The number of carbonyl (C=O) groups excluding carboxylic acids is 3. The molecule has 8 rings (SSSR count). The lowest BCUT2D eigenvalue weighted by atomic mass is 9.64. The Hall–Kier alpha value is -5.11. The van der Waals surface area contributed by atoms with Crippen LogP contribution in [0.4, 0.5) is 5.69 Å². The number of hydrogen-bond acceptors (Lipinski definition) is 7. The number of benzene rings is 4. The highest BCUT2D eigenvalue weighted by molar-refractivity contribution is 6.24. The first-order valence-corrected chi connectivity index (χ1v) is 13.4. The molecule has 0 saturated carbocycles. The van der Waals surface area contributed by atoms with Crippen LogP contribution in [0.1, 0.15) is 17.0 Å². The van der Waals surface area contributed by atoms with Crippen molar-refractivity contribution in [2.45, 2.75) is 5.92 Å². The fraction of sp³-hybridized carbons (Fsp3) is 0.182. The fourth-order valence-electron chi connectivity index (χ4n) is 6.72. The van der Waals surface area contributed by atoms with E-state index in [0.29, 0.717) is 34.3 Å². The van der Waals surface area contributed by atoms with Crippen LogP contribution in [-0.4, -0.2) is 31.7 Å². The molecule has 8 nitrogen and oxygen atoms in total. The van der Waals surface area contributed by atoms with E-state index in [4.69, 9.17) is 18.9 Å². The van der Waals surface area contributed by atoms with Crippen LogP contribution in [0.25, 0.3) is 16.3 Å². The zero-order valence-corrected chi connectivity index (χ0v) is 21.9. The third kappa shape index (κ3) is 3.37. The maximum absolute atomic E-state index is 14.2. The summed E-state index contributed by atoms with van der Waals surface area (Å²) in [5.74, 6) is -2.19. The Bertz CT molecular complexity index is 1830. The molecule has 0 radical (unpaired) electrons. The molecule has 0 bridgehead atoms. The van der Waals surface area contributed by atoms with Crippen LogP contribution in [0, 0.1) is 17.8 Å². The molecule has 3 heterocycles. The molecular weight excluding hydrogens is 522 g/mol. The van der Waals surface area contributed by atoms with Gasteiger partial charge in [-0.25, -0.2) is 4.90 Å². The monoisotopic (exact) mass is 545 g/mol. The molecule has 1 saturated heterocycles. The third-order valence-corrected chi connectivity index (χ3v) is 8.60. The Morgan fingerprint density at radius 2 is 1.61 bits per heavy atom. The number of imide groups is 1. The number of allylic oxidation sites excluding steroid dienone is 1. The van der Waals surface area contributed by atoms with Crippen molar-refractivity contribution in [2.24, 2.45) is 17.8 Å². The van der Waals surface area contributed by atoms with Crippen molar-refractivity contribution >= 4 is 39.8 Å². The molecule has 0 spiro atoms. The maximum Gasteiger partial charge on any atom is 0.319 e. The minimum atomic E-state index is -0.938. The van der Waals surface area contributed by atoms with E-state index in [1.165, 1.54) is 4.90 Å². The second kappa shape index (κ2) is 8.69. The van der Waals surface area contributed by atoms with E-state index in [-0.39, 0.29) is 12.7 Å². The van der Waals surface area contributed by atoms with Gasteiger partial charge in [-0.05, 0) is 52.9 Å². The van der Waals surface area contributed by atoms with E-state index in [1.54, 1.807) is 31.4 Å². The normalized spacial score (nSPS) is 24.0. The van der Waals surface area contributed by atoms with Crippen molar-refractivity contribution in [3.63, 3.8) is 0 Å². The summed E-state index contributed by atoms with van der Waals surface area (Å²) in [6.07, 6.45) is 1.97. The SMILES string of the molecule is COc1ccc(N2C(=O)[C@@H]3[C@@H]4C(=O)Oc5c(ccc6ccccc56)C4=C[C@H](c4ccc5c(c4)OCO5)[C@@H]3C2=O)cc1. The Labute approximate surface area is 234 Å². The lowest BCUT2D eigenvalue weighted by Gasteiger charge is -2.38. The molecule has 4 aliphatic rings. The van der Waals surface area contributed by atoms with Gasteiger partial charge in [0, 0.05) is 16.9 Å². The van der Waals surface area contributed by atoms with Crippen LogP contribution in [-0.2, 0) is 14.4 Å². The van der Waals surface area contributed by atoms with Gasteiger partial charge in [-0.3, -0.25) is 14.4 Å². The Morgan fingerprint density at radius 1 is 0.829 bits per heavy atom. The van der Waals surface area contributed by atoms with Crippen molar-refractivity contribution in [3.05, 3.63) is 96.1 Å². The number of anilines is 1. The van der Waals surface area contributed by atoms with Crippen LogP contribution in [0.3, 0.4) is 0 Å². The van der Waals surface area contributed by atoms with Crippen LogP contribution < -0.4 is 23.8 Å². The lowest BCUT2D eigenvalue weighted by Crippen LogP contribution is -2.42. The Kier molecular flexibility index (Phi) is 5.04. The summed E-state index contributed by atoms with van der Waals surface area (Å²) in [7, 11) is 1.55. The number of nitrogens with zero attached hydrogens (tertiary/aromatic N) is 1. The van der Waals surface area contributed by atoms with Gasteiger partial charge < -0.3 is 18.9 Å². The quantitative estimate of drug-likeness (QED) is 0.201. The zero-order chi connectivity index (χ0) is 27.8. The number of methoxy groups -OCH3 is 1. The molecular formula is C33H23NO7. The Morgan fingerprint density at radius 3 is 2.44 bits per heavy atom. The van der Waals surface area contributed by atoms with E-state index < -0.39 is 35.5 Å². The second-order valence-electron chi connectivity index (χ2n) is 10.6. The summed E-state index contributed by atoms with van der Waals surface area (Å²) in [4.78, 5) is 43.3. The van der Waals surface area contributed by atoms with Crippen LogP contribution in [0.15, 0.2) is 84.9 Å². The summed E-state index contributed by atoms with van der Waals surface area (Å²) >= 11 is 0. The van der Waals surface area contributed by atoms with Gasteiger partial charge in [-0.1, -0.05) is 48.5 Å². The first kappa shape index (κ1) is 23.7. The first-order chi connectivity index (χ1) is 20.0. The molecule has 0 aromatic heterocycles. The number of rotatable bonds is 3. The van der Waals surface area contributed by atoms with Gasteiger partial charge in [0.05, 0.1) is 30.6 Å². The Balaban J connectivity index is 1.32. The summed E-state index contributed by atoms with van der Waals surface area (Å²) in [5, 5.41) is 1.75. The van der Waals surface area contributed by atoms with E-state index >= 15 is 0 Å². The molecule has 1 aliphatic carbocycles. The topological polar surface area (TPSA) is 91.4 Å². The van der Waals surface area contributed by atoms with E-state index in [0.717, 1.165) is 21.9 Å². The molecule has 41 heavy (non-hydrogen) atoms. The van der Waals surface area contributed by atoms with E-state index in [1.807, 2.05) is 60.7 Å². The van der Waals surface area contributed by atoms with Gasteiger partial charge in [-0.15, -0.1) is 0 Å². The third-order valence-electron chi connectivity index (χ3n) is 8.60. The molecule has 4 atom stereocenters. The van der Waals surface area contributed by atoms with Crippen molar-refractivity contribution in [1.82, 2.24) is 0 Å². The smallest absolute Gasteiger partial charge is 0.319 e. The molecule has 1 fully saturated rings. The molecule has 4 aromatic rings. The minimum Gasteiger partial charge on any atom is -0.497 e. The van der Waals surface area contributed by atoms with Crippen LogP contribution in [0.5, 0.6) is 23.0 Å². The van der Waals surface area contributed by atoms with Gasteiger partial charge >= 0.3 is 5.97 Å². The summed E-state index contributed by atoms with van der Waals surface area (Å²) in [6.45, 7) is 0.119. The number of amides is 2. The molecule has 2 amide bonds. The molecule has 8 heteroatoms. The van der Waals surface area contributed by atoms with Gasteiger partial charge in [0.25, 0.3) is 0 Å². The van der Waals surface area contributed by atoms with Crippen molar-refractivity contribution < 1.29 is 33.3 Å². The van der Waals surface area contributed by atoms with Crippen molar-refractivity contribution in [1.29, 1.82) is 0 Å². The van der Waals surface area contributed by atoms with E-state index in [2.05, 4.69) is 0 Å². The standard InChI is InChI=1S/C33H23NO7/c1-38-20-10-8-19(9-11-20)34-31(35)27-23(18-7-13-25-26(14-18)40-16-39-25)15-24-22-12-6-17-4-2-3-5-21(17)30(22)41-33(37)28(24)29(27)32(34)36/h2-15,23,27-29H,16H2,1H3/t23-,27+,28-,29+/m1/s1. The van der Waals surface area contributed by atoms with Crippen LogP contribution >= 0.6 is 0 Å². The molecule has 202 valence electrons. The fourth-order valence-corrected chi connectivity index (χ4v) is 6.72. The average Bonchev–Trinajstić information content (AvgIpc) is 3.58. The molecule has 0 unspecified atom stereocenters. The lowest BCUT2D eigenvalue weighted by molar-refractivity contribution is -0.142. The van der Waals surface area contributed by atoms with Gasteiger partial charge in [0.2, 0.25) is 18.6 Å². The van der Waals surface area contributed by atoms with Crippen molar-refractivity contribution in [3.8, 4) is 23.0 Å². The van der Waals surface area contributed by atoms with Crippen LogP contribution in [0.2, 0.25) is 0 Å². The number of carbonyl (C=O) groups is 3. The molecule has 0 N–H and O–H groups in total. The second-order valence-corrected chi connectivity index (χ2v) is 10.6. The summed E-state index contributed by atoms with van der Waals surface area (Å²) in [5.41, 5.74) is 2.68. The number of esters is 1. The predicted molar refractivity (Wildman–Crippen MR) is 149 cm³/mol. The molecule has 3 aliphatic heterocycles. The predicted octanol–water partition coefficient (Wildman–Crippen LogP) is 5.10. The zero-order valence-electron chi connectivity index (χ0n) is 21.9. The number of hydrogen-bond donors (Lipinski definition) is 0. The first-order valence-electron chi connectivity index (χ1n) is 13.4. The minimum absolute atomic E-state index is 0.119. The highest BCUT2D eigenvalue weighted by atomic mass is 16.7. The summed E-state index contributed by atoms with van der Waals surface area (Å²) < 4.78 is 22.4. The van der Waals surface area contributed by atoms with Gasteiger partial charge in [-0.2, -0.15) is 0 Å². The van der Waals surface area contributed by atoms with E-state index in [9.17, 15) is 14.4 Å². The highest BCUT2D eigenvalue weighted by Gasteiger charge is 2.60. The number of ether oxygens (including phenoxy) is 4. The summed E-state index contributed by atoms with van der Waals surface area (Å²) in [6, 6.07) is 23.9. The van der Waals surface area contributed by atoms with Crippen molar-refractivity contribution in [2.75, 3.05) is 18.8 Å². The highest BCUT2D eigenvalue weighted by Crippen LogP contribution is 2.56. The van der Waals surface area contributed by atoms with Gasteiger partial charge in [0.1, 0.15) is 11.5 Å². The molecule has 4 aromatic carbocycles. The number of fused-ring (bicyclic) bond motifs is 8.